The molecule has 2 aromatic heterocycles. The quantitative estimate of drug-likeness (QED) is 0.823. The maximum atomic E-state index is 13.5. The van der Waals surface area contributed by atoms with Gasteiger partial charge < -0.3 is 5.73 Å². The lowest BCUT2D eigenvalue weighted by Crippen LogP contribution is -1.95. The lowest BCUT2D eigenvalue weighted by molar-refractivity contribution is 0.587. The molecule has 0 saturated heterocycles. The van der Waals surface area contributed by atoms with Crippen molar-refractivity contribution in [2.75, 3.05) is 5.73 Å². The number of nitrogen functional groups attached to an aromatic ring is 1. The van der Waals surface area contributed by atoms with Crippen molar-refractivity contribution in [2.45, 2.75) is 0 Å². The highest BCUT2D eigenvalue weighted by atomic mass is 79.9. The fraction of sp³-hybridized carbons (Fsp3) is 0. The predicted octanol–water partition coefficient (Wildman–Crippen LogP) is 3.28. The Labute approximate surface area is 105 Å². The molecular formula is C10H6BrClFN3. The molecule has 2 N–H and O–H groups in total. The van der Waals surface area contributed by atoms with Crippen molar-refractivity contribution in [2.24, 2.45) is 0 Å². The summed E-state index contributed by atoms with van der Waals surface area (Å²) >= 11 is 8.96. The summed E-state index contributed by atoms with van der Waals surface area (Å²) in [6, 6.07) is 3.09. The fourth-order valence-electron chi connectivity index (χ4n) is 1.29. The Kier molecular flexibility index (Phi) is 3.07. The largest absolute Gasteiger partial charge is 0.397 e. The molecule has 0 fully saturated rings. The van der Waals surface area contributed by atoms with E-state index in [-0.39, 0.29) is 10.7 Å². The molecular weight excluding hydrogens is 296 g/mol. The van der Waals surface area contributed by atoms with Crippen LogP contribution in [-0.2, 0) is 0 Å². The van der Waals surface area contributed by atoms with E-state index in [1.165, 1.54) is 18.5 Å². The van der Waals surface area contributed by atoms with Crippen molar-refractivity contribution in [3.8, 4) is 11.1 Å². The molecule has 6 heteroatoms. The number of halogens is 3. The normalized spacial score (nSPS) is 10.4. The maximum Gasteiger partial charge on any atom is 0.220 e. The van der Waals surface area contributed by atoms with Gasteiger partial charge in [-0.1, -0.05) is 11.6 Å². The number of hydrogen-bond donors (Lipinski definition) is 1. The zero-order valence-electron chi connectivity index (χ0n) is 7.92. The summed E-state index contributed by atoms with van der Waals surface area (Å²) in [6.45, 7) is 0. The van der Waals surface area contributed by atoms with Crippen molar-refractivity contribution >= 4 is 33.2 Å². The van der Waals surface area contributed by atoms with Gasteiger partial charge in [-0.05, 0) is 28.1 Å². The first-order valence-electron chi connectivity index (χ1n) is 4.30. The summed E-state index contributed by atoms with van der Waals surface area (Å²) in [5.41, 5.74) is 6.83. The molecule has 0 saturated carbocycles. The molecule has 0 spiro atoms. The number of hydrogen-bond acceptors (Lipinski definition) is 3. The molecule has 0 aliphatic heterocycles. The highest BCUT2D eigenvalue weighted by molar-refractivity contribution is 9.10. The van der Waals surface area contributed by atoms with Gasteiger partial charge in [0, 0.05) is 21.8 Å². The molecule has 3 nitrogen and oxygen atoms in total. The molecule has 0 aliphatic rings. The van der Waals surface area contributed by atoms with E-state index in [1.54, 1.807) is 6.07 Å². The second-order valence-electron chi connectivity index (χ2n) is 3.09. The third kappa shape index (κ3) is 2.15. The van der Waals surface area contributed by atoms with Crippen LogP contribution in [0.2, 0.25) is 5.15 Å². The molecule has 82 valence electrons. The highest BCUT2D eigenvalue weighted by Gasteiger charge is 2.11. The zero-order chi connectivity index (χ0) is 11.7. The van der Waals surface area contributed by atoms with Gasteiger partial charge in [-0.15, -0.1) is 0 Å². The molecule has 2 heterocycles. The van der Waals surface area contributed by atoms with Gasteiger partial charge in [-0.3, -0.25) is 0 Å². The van der Waals surface area contributed by atoms with E-state index >= 15 is 0 Å². The second-order valence-corrected chi connectivity index (χ2v) is 4.39. The Hall–Kier alpha value is -1.20. The minimum atomic E-state index is -0.600. The third-order valence-corrected chi connectivity index (χ3v) is 2.64. The Morgan fingerprint density at radius 3 is 2.69 bits per heavy atom. The first-order chi connectivity index (χ1) is 7.58. The first kappa shape index (κ1) is 11.3. The van der Waals surface area contributed by atoms with Crippen LogP contribution >= 0.6 is 27.5 Å². The summed E-state index contributed by atoms with van der Waals surface area (Å²) in [7, 11) is 0. The Balaban J connectivity index is 2.66. The standard InChI is InChI=1S/C10H6BrClFN3/c11-5-1-7(10(13)16-3-5)6-2-9(12)15-4-8(6)14/h1-4H,14H2. The van der Waals surface area contributed by atoms with Crippen LogP contribution < -0.4 is 5.73 Å². The monoisotopic (exact) mass is 301 g/mol. The summed E-state index contributed by atoms with van der Waals surface area (Å²) in [5, 5.41) is 0.253. The van der Waals surface area contributed by atoms with Gasteiger partial charge in [-0.25, -0.2) is 9.97 Å². The minimum Gasteiger partial charge on any atom is -0.397 e. The van der Waals surface area contributed by atoms with E-state index < -0.39 is 5.95 Å². The molecule has 0 aromatic carbocycles. The molecule has 2 aromatic rings. The number of pyridine rings is 2. The highest BCUT2D eigenvalue weighted by Crippen LogP contribution is 2.30. The Bertz CT molecular complexity index is 498. The molecule has 0 radical (unpaired) electrons. The molecule has 0 unspecified atom stereocenters. The fourth-order valence-corrected chi connectivity index (χ4v) is 1.77. The van der Waals surface area contributed by atoms with Crippen LogP contribution in [0.3, 0.4) is 0 Å². The molecule has 0 bridgehead atoms. The van der Waals surface area contributed by atoms with Crippen LogP contribution in [0, 0.1) is 5.95 Å². The van der Waals surface area contributed by atoms with Crippen LogP contribution in [-0.4, -0.2) is 9.97 Å². The smallest absolute Gasteiger partial charge is 0.220 e. The molecule has 0 atom stereocenters. The number of rotatable bonds is 1. The summed E-state index contributed by atoms with van der Waals surface area (Å²) in [5.74, 6) is -0.600. The Morgan fingerprint density at radius 2 is 1.94 bits per heavy atom. The van der Waals surface area contributed by atoms with Crippen molar-refractivity contribution < 1.29 is 4.39 Å². The van der Waals surface area contributed by atoms with E-state index in [9.17, 15) is 4.39 Å². The van der Waals surface area contributed by atoms with E-state index in [1.807, 2.05) is 0 Å². The SMILES string of the molecule is Nc1cnc(Cl)cc1-c1cc(Br)cnc1F. The molecule has 16 heavy (non-hydrogen) atoms. The average Bonchev–Trinajstić information content (AvgIpc) is 2.25. The van der Waals surface area contributed by atoms with E-state index in [0.29, 0.717) is 15.7 Å². The van der Waals surface area contributed by atoms with Crippen LogP contribution in [0.25, 0.3) is 11.1 Å². The number of aromatic nitrogens is 2. The van der Waals surface area contributed by atoms with Gasteiger partial charge in [-0.2, -0.15) is 4.39 Å². The van der Waals surface area contributed by atoms with E-state index in [2.05, 4.69) is 25.9 Å². The molecule has 0 amide bonds. The number of nitrogens with two attached hydrogens (primary N) is 1. The summed E-state index contributed by atoms with van der Waals surface area (Å²) < 4.78 is 14.2. The Morgan fingerprint density at radius 1 is 1.19 bits per heavy atom. The summed E-state index contributed by atoms with van der Waals surface area (Å²) in [6.07, 6.45) is 2.76. The van der Waals surface area contributed by atoms with Gasteiger partial charge in [0.1, 0.15) is 5.15 Å². The van der Waals surface area contributed by atoms with E-state index in [0.717, 1.165) is 0 Å². The van der Waals surface area contributed by atoms with Crippen molar-refractivity contribution in [1.82, 2.24) is 9.97 Å². The lowest BCUT2D eigenvalue weighted by atomic mass is 10.1. The first-order valence-corrected chi connectivity index (χ1v) is 5.47. The number of nitrogens with zero attached hydrogens (tertiary/aromatic N) is 2. The third-order valence-electron chi connectivity index (χ3n) is 2.00. The van der Waals surface area contributed by atoms with Crippen molar-refractivity contribution in [1.29, 1.82) is 0 Å². The van der Waals surface area contributed by atoms with Crippen LogP contribution in [0.15, 0.2) is 29.0 Å². The minimum absolute atomic E-state index is 0.253. The lowest BCUT2D eigenvalue weighted by Gasteiger charge is -2.06. The summed E-state index contributed by atoms with van der Waals surface area (Å²) in [4.78, 5) is 7.40. The van der Waals surface area contributed by atoms with Gasteiger partial charge in [0.05, 0.1) is 11.9 Å². The van der Waals surface area contributed by atoms with Crippen molar-refractivity contribution in [3.63, 3.8) is 0 Å². The maximum absolute atomic E-state index is 13.5. The van der Waals surface area contributed by atoms with Crippen LogP contribution in [0.4, 0.5) is 10.1 Å². The van der Waals surface area contributed by atoms with Gasteiger partial charge in [0.25, 0.3) is 0 Å². The van der Waals surface area contributed by atoms with E-state index in [4.69, 9.17) is 17.3 Å². The second kappa shape index (κ2) is 4.35. The molecule has 0 aliphatic carbocycles. The number of anilines is 1. The van der Waals surface area contributed by atoms with Gasteiger partial charge in [0.2, 0.25) is 5.95 Å². The zero-order valence-corrected chi connectivity index (χ0v) is 10.3. The topological polar surface area (TPSA) is 51.8 Å². The van der Waals surface area contributed by atoms with Crippen LogP contribution in [0.5, 0.6) is 0 Å². The van der Waals surface area contributed by atoms with Gasteiger partial charge in [0.15, 0.2) is 0 Å². The van der Waals surface area contributed by atoms with Crippen LogP contribution in [0.1, 0.15) is 0 Å². The predicted molar refractivity (Wildman–Crippen MR) is 64.5 cm³/mol. The van der Waals surface area contributed by atoms with Crippen molar-refractivity contribution in [3.05, 3.63) is 40.1 Å². The average molecular weight is 303 g/mol. The van der Waals surface area contributed by atoms with Gasteiger partial charge >= 0.3 is 0 Å². The molecule has 2 rings (SSSR count).